The minimum atomic E-state index is -0.796. The first-order valence-electron chi connectivity index (χ1n) is 3.39. The third kappa shape index (κ3) is 2.34. The van der Waals surface area contributed by atoms with Gasteiger partial charge in [-0.25, -0.2) is 0 Å². The summed E-state index contributed by atoms with van der Waals surface area (Å²) in [6, 6.07) is 4.21. The van der Waals surface area contributed by atoms with Gasteiger partial charge in [-0.3, -0.25) is 0 Å². The molecule has 0 aliphatic carbocycles. The zero-order valence-electron chi connectivity index (χ0n) is 6.03. The molecule has 49 valence electrons. The second kappa shape index (κ2) is 3.70. The third-order valence-electron chi connectivity index (χ3n) is 1.93. The molecule has 1 radical (unpaired) electrons. The van der Waals surface area contributed by atoms with Gasteiger partial charge in [0.1, 0.15) is 0 Å². The van der Waals surface area contributed by atoms with Crippen LogP contribution in [-0.4, -0.2) is 22.1 Å². The van der Waals surface area contributed by atoms with Crippen molar-refractivity contribution in [1.82, 2.24) is 0 Å². The Morgan fingerprint density at radius 1 is 1.00 bits per heavy atom. The monoisotopic (exact) mass is 195 g/mol. The zero-order chi connectivity index (χ0) is 6.62. The molecule has 0 aliphatic rings. The molecule has 8 heavy (non-hydrogen) atoms. The summed E-state index contributed by atoms with van der Waals surface area (Å²) in [6.45, 7) is 6.11. The molecule has 0 saturated heterocycles. The molecule has 0 aromatic carbocycles. The first-order valence-corrected chi connectivity index (χ1v) is 8.49. The van der Waals surface area contributed by atoms with Crippen LogP contribution in [0, 0.1) is 0 Å². The number of rotatable bonds is 3. The summed E-state index contributed by atoms with van der Waals surface area (Å²) < 4.78 is 0. The van der Waals surface area contributed by atoms with Crippen molar-refractivity contribution in [3.8, 4) is 0 Å². The van der Waals surface area contributed by atoms with Crippen LogP contribution in [0.2, 0.25) is 18.1 Å². The maximum absolute atomic E-state index is 3.38. The first-order chi connectivity index (χ1) is 3.68. The second-order valence-electron chi connectivity index (χ2n) is 2.24. The Kier molecular flexibility index (Phi) is 4.04. The molecule has 0 atom stereocenters. The van der Waals surface area contributed by atoms with Crippen LogP contribution in [-0.2, 0) is 0 Å². The Balaban J connectivity index is 3.58. The average molecular weight is 194 g/mol. The molecule has 0 nitrogen and oxygen atoms in total. The summed E-state index contributed by atoms with van der Waals surface area (Å²) in [5, 5.41) is 0. The summed E-state index contributed by atoms with van der Waals surface area (Å²) in [4.78, 5) is 0. The SMILES string of the molecule is CC[Si]([Se])(CC)CC. The first kappa shape index (κ1) is 8.74. The summed E-state index contributed by atoms with van der Waals surface area (Å²) in [6.07, 6.45) is 0. The van der Waals surface area contributed by atoms with Gasteiger partial charge in [0.05, 0.1) is 0 Å². The molecule has 0 saturated carbocycles. The summed E-state index contributed by atoms with van der Waals surface area (Å²) >= 11 is 3.38. The van der Waals surface area contributed by atoms with Gasteiger partial charge in [0.15, 0.2) is 0 Å². The molecular weight excluding hydrogens is 179 g/mol. The molecular formula is C6H15SeSi. The molecule has 0 N–H and O–H groups in total. The molecule has 0 unspecified atom stereocenters. The van der Waals surface area contributed by atoms with Crippen LogP contribution in [0.4, 0.5) is 0 Å². The van der Waals surface area contributed by atoms with Crippen LogP contribution in [0.25, 0.3) is 0 Å². The van der Waals surface area contributed by atoms with Gasteiger partial charge >= 0.3 is 61.0 Å². The summed E-state index contributed by atoms with van der Waals surface area (Å²) in [7, 11) is 0. The van der Waals surface area contributed by atoms with Crippen LogP contribution < -0.4 is 0 Å². The zero-order valence-corrected chi connectivity index (χ0v) is 8.74. The molecule has 0 spiro atoms. The van der Waals surface area contributed by atoms with Crippen LogP contribution >= 0.6 is 0 Å². The number of hydrogen-bond acceptors (Lipinski definition) is 0. The van der Waals surface area contributed by atoms with Gasteiger partial charge in [-0.15, -0.1) is 0 Å². The van der Waals surface area contributed by atoms with E-state index in [9.17, 15) is 0 Å². The third-order valence-corrected chi connectivity index (χ3v) is 11.2. The summed E-state index contributed by atoms with van der Waals surface area (Å²) in [5.41, 5.74) is 0. The van der Waals surface area contributed by atoms with Crippen LogP contribution in [0.15, 0.2) is 0 Å². The van der Waals surface area contributed by atoms with E-state index in [-0.39, 0.29) is 0 Å². The van der Waals surface area contributed by atoms with Crippen molar-refractivity contribution < 1.29 is 0 Å². The van der Waals surface area contributed by atoms with Gasteiger partial charge in [0.25, 0.3) is 0 Å². The maximum atomic E-state index is 3.38. The van der Waals surface area contributed by atoms with Crippen molar-refractivity contribution in [2.24, 2.45) is 0 Å². The van der Waals surface area contributed by atoms with E-state index >= 15 is 0 Å². The van der Waals surface area contributed by atoms with Crippen molar-refractivity contribution in [1.29, 1.82) is 0 Å². The average Bonchev–Trinajstić information content (AvgIpc) is 1.87. The molecule has 0 aromatic heterocycles. The van der Waals surface area contributed by atoms with Crippen LogP contribution in [0.5, 0.6) is 0 Å². The predicted molar refractivity (Wildman–Crippen MR) is 43.0 cm³/mol. The molecule has 0 amide bonds. The van der Waals surface area contributed by atoms with E-state index in [1.807, 2.05) is 0 Å². The van der Waals surface area contributed by atoms with E-state index in [4.69, 9.17) is 0 Å². The fourth-order valence-electron chi connectivity index (χ4n) is 0.750. The Hall–Kier alpha value is 0.736. The molecule has 0 aliphatic heterocycles. The van der Waals surface area contributed by atoms with Gasteiger partial charge in [0.2, 0.25) is 0 Å². The van der Waals surface area contributed by atoms with Crippen LogP contribution in [0.1, 0.15) is 20.8 Å². The van der Waals surface area contributed by atoms with E-state index in [1.165, 1.54) is 18.1 Å². The Morgan fingerprint density at radius 2 is 1.25 bits per heavy atom. The van der Waals surface area contributed by atoms with Crippen molar-refractivity contribution in [2.45, 2.75) is 38.9 Å². The van der Waals surface area contributed by atoms with Crippen molar-refractivity contribution in [3.63, 3.8) is 0 Å². The normalized spacial score (nSPS) is 12.0. The standard InChI is InChI=1S/C6H15SeSi/c1-4-8(7,5-2)6-3/h4-6H2,1-3H3. The molecule has 0 rings (SSSR count). The minimum absolute atomic E-state index is 0.796. The molecule has 0 fully saturated rings. The molecule has 0 bridgehead atoms. The second-order valence-corrected chi connectivity index (χ2v) is 12.2. The van der Waals surface area contributed by atoms with E-state index in [1.54, 1.807) is 0 Å². The van der Waals surface area contributed by atoms with Gasteiger partial charge in [0, 0.05) is 0 Å². The van der Waals surface area contributed by atoms with E-state index in [0.29, 0.717) is 0 Å². The molecule has 2 heteroatoms. The van der Waals surface area contributed by atoms with E-state index in [0.717, 1.165) is 0 Å². The van der Waals surface area contributed by atoms with Gasteiger partial charge in [-0.05, 0) is 0 Å². The quantitative estimate of drug-likeness (QED) is 0.604. The van der Waals surface area contributed by atoms with Gasteiger partial charge in [-0.2, -0.15) is 0 Å². The Morgan fingerprint density at radius 3 is 1.25 bits per heavy atom. The Bertz CT molecular complexity index is 51.3. The predicted octanol–water partition coefficient (Wildman–Crippen LogP) is 2.16. The summed E-state index contributed by atoms with van der Waals surface area (Å²) in [5.74, 6) is 0. The Labute approximate surface area is 61.3 Å². The van der Waals surface area contributed by atoms with Gasteiger partial charge < -0.3 is 0 Å². The topological polar surface area (TPSA) is 0 Å². The fraction of sp³-hybridized carbons (Fsp3) is 1.00. The van der Waals surface area contributed by atoms with Crippen molar-refractivity contribution in [2.75, 3.05) is 0 Å². The van der Waals surface area contributed by atoms with Crippen molar-refractivity contribution >= 4 is 22.1 Å². The molecule has 0 heterocycles. The number of hydrogen-bond donors (Lipinski definition) is 0. The van der Waals surface area contributed by atoms with Gasteiger partial charge in [-0.1, -0.05) is 0 Å². The van der Waals surface area contributed by atoms with E-state index in [2.05, 4.69) is 36.1 Å². The molecule has 0 aromatic rings. The van der Waals surface area contributed by atoms with Crippen LogP contribution in [0.3, 0.4) is 0 Å². The fourth-order valence-corrected chi connectivity index (χ4v) is 2.25. The van der Waals surface area contributed by atoms with Crippen molar-refractivity contribution in [3.05, 3.63) is 0 Å². The van der Waals surface area contributed by atoms with E-state index < -0.39 is 6.68 Å².